The van der Waals surface area contributed by atoms with Crippen molar-refractivity contribution in [3.8, 4) is 11.5 Å². The molecule has 1 N–H and O–H groups in total. The summed E-state index contributed by atoms with van der Waals surface area (Å²) in [5.74, 6) is 1.75. The number of aromatic nitrogens is 1. The van der Waals surface area contributed by atoms with Gasteiger partial charge in [-0.15, -0.1) is 11.3 Å². The van der Waals surface area contributed by atoms with Gasteiger partial charge in [0.1, 0.15) is 11.5 Å². The van der Waals surface area contributed by atoms with Gasteiger partial charge in [-0.25, -0.2) is 0 Å². The van der Waals surface area contributed by atoms with Crippen LogP contribution < -0.4 is 19.9 Å². The lowest BCUT2D eigenvalue weighted by molar-refractivity contribution is -0.105. The summed E-state index contributed by atoms with van der Waals surface area (Å²) in [7, 11) is 0. The Morgan fingerprint density at radius 3 is 2.76 bits per heavy atom. The molecule has 2 fully saturated rings. The Morgan fingerprint density at radius 2 is 1.89 bits per heavy atom. The predicted molar refractivity (Wildman–Crippen MR) is 154 cm³/mol. The highest BCUT2D eigenvalue weighted by Crippen LogP contribution is 2.39. The van der Waals surface area contributed by atoms with Gasteiger partial charge in [0.25, 0.3) is 0 Å². The maximum Gasteiger partial charge on any atom is 0.248 e. The summed E-state index contributed by atoms with van der Waals surface area (Å²) in [6.45, 7) is 6.76. The second-order valence-corrected chi connectivity index (χ2v) is 11.0. The van der Waals surface area contributed by atoms with Crippen molar-refractivity contribution in [2.75, 3.05) is 50.8 Å². The minimum Gasteiger partial charge on any atom is -0.494 e. The number of nitrogens with one attached hydrogen (secondary N) is 1. The van der Waals surface area contributed by atoms with Crippen molar-refractivity contribution in [3.05, 3.63) is 64.3 Å². The highest BCUT2D eigenvalue weighted by molar-refractivity contribution is 7.17. The first-order valence-corrected chi connectivity index (χ1v) is 14.6. The van der Waals surface area contributed by atoms with Gasteiger partial charge in [0.15, 0.2) is 6.29 Å². The molecule has 0 amide bonds. The Hall–Kier alpha value is -3.07. The molecular weight excluding hydrogens is 498 g/mol. The van der Waals surface area contributed by atoms with Crippen LogP contribution in [0.15, 0.2) is 58.7 Å². The Bertz CT molecular complexity index is 1420. The number of hydrogen-bond acceptors (Lipinski definition) is 7. The molecule has 2 aliphatic rings. The summed E-state index contributed by atoms with van der Waals surface area (Å²) in [4.78, 5) is 19.5. The van der Waals surface area contributed by atoms with Gasteiger partial charge >= 0.3 is 0 Å². The van der Waals surface area contributed by atoms with Gasteiger partial charge in [-0.2, -0.15) is 0 Å². The molecule has 1 unspecified atom stereocenters. The quantitative estimate of drug-likeness (QED) is 0.281. The average Bonchev–Trinajstić information content (AvgIpc) is 3.45. The van der Waals surface area contributed by atoms with Crippen LogP contribution >= 0.6 is 11.3 Å². The minimum absolute atomic E-state index is 0.0923. The van der Waals surface area contributed by atoms with Crippen LogP contribution in [0.2, 0.25) is 0 Å². The number of thiophene rings is 1. The van der Waals surface area contributed by atoms with E-state index >= 15 is 0 Å². The fourth-order valence-electron chi connectivity index (χ4n) is 5.39. The molecule has 2 aliphatic heterocycles. The summed E-state index contributed by atoms with van der Waals surface area (Å²) in [5, 5.41) is 4.46. The van der Waals surface area contributed by atoms with Crippen molar-refractivity contribution in [1.82, 2.24) is 9.88 Å². The standard InChI is InChI=1S/C30H35N3O4S/c34-28-11-7-22-6-8-23(21-25(22)31-28)35-18-4-2-13-32-14-16-33(17-15-32)26-9-10-27(30-24(26)12-20-38-30)37-29-5-1-3-19-36-29/h6-12,20-21,29H,1-5,13-19H2,(H,31,34). The largest absolute Gasteiger partial charge is 0.494 e. The third kappa shape index (κ3) is 5.82. The first kappa shape index (κ1) is 25.2. The fraction of sp³-hybridized carbons (Fsp3) is 0.433. The number of nitrogens with zero attached hydrogens (tertiary/aromatic N) is 2. The van der Waals surface area contributed by atoms with E-state index < -0.39 is 0 Å². The first-order valence-electron chi connectivity index (χ1n) is 13.7. The Balaban J connectivity index is 0.962. The number of hydrogen-bond donors (Lipinski definition) is 1. The van der Waals surface area contributed by atoms with Crippen molar-refractivity contribution < 1.29 is 14.2 Å². The number of unbranched alkanes of at least 4 members (excludes halogenated alkanes) is 1. The summed E-state index contributed by atoms with van der Waals surface area (Å²) >= 11 is 1.75. The molecule has 0 bridgehead atoms. The van der Waals surface area contributed by atoms with Crippen LogP contribution in [0.1, 0.15) is 32.1 Å². The van der Waals surface area contributed by atoms with Crippen LogP contribution in [0, 0.1) is 0 Å². The van der Waals surface area contributed by atoms with Gasteiger partial charge in [-0.1, -0.05) is 0 Å². The Morgan fingerprint density at radius 1 is 1.00 bits per heavy atom. The van der Waals surface area contributed by atoms with E-state index in [0.29, 0.717) is 6.61 Å². The molecular formula is C30H35N3O4S. The maximum atomic E-state index is 11.6. The lowest BCUT2D eigenvalue weighted by Gasteiger charge is -2.36. The highest BCUT2D eigenvalue weighted by atomic mass is 32.1. The highest BCUT2D eigenvalue weighted by Gasteiger charge is 2.22. The number of aromatic amines is 1. The molecule has 0 radical (unpaired) electrons. The third-order valence-electron chi connectivity index (χ3n) is 7.50. The molecule has 2 saturated heterocycles. The molecule has 38 heavy (non-hydrogen) atoms. The zero-order chi connectivity index (χ0) is 25.7. The number of ether oxygens (including phenoxy) is 3. The topological polar surface area (TPSA) is 67.0 Å². The second kappa shape index (κ2) is 11.8. The van der Waals surface area contributed by atoms with Crippen LogP contribution in [0.25, 0.3) is 21.0 Å². The summed E-state index contributed by atoms with van der Waals surface area (Å²) < 4.78 is 19.2. The number of piperazine rings is 1. The van der Waals surface area contributed by atoms with Crippen molar-refractivity contribution in [1.29, 1.82) is 0 Å². The van der Waals surface area contributed by atoms with E-state index in [0.717, 1.165) is 87.4 Å². The molecule has 200 valence electrons. The van der Waals surface area contributed by atoms with Crippen LogP contribution in [0.5, 0.6) is 11.5 Å². The van der Waals surface area contributed by atoms with Crippen molar-refractivity contribution in [3.63, 3.8) is 0 Å². The molecule has 7 nitrogen and oxygen atoms in total. The average molecular weight is 534 g/mol. The molecule has 0 saturated carbocycles. The number of rotatable bonds is 9. The van der Waals surface area contributed by atoms with Crippen molar-refractivity contribution in [2.45, 2.75) is 38.4 Å². The number of anilines is 1. The second-order valence-electron chi connectivity index (χ2n) is 10.1. The smallest absolute Gasteiger partial charge is 0.248 e. The molecule has 4 aromatic rings. The molecule has 1 atom stereocenters. The Kier molecular flexibility index (Phi) is 7.81. The summed E-state index contributed by atoms with van der Waals surface area (Å²) in [6, 6.07) is 15.8. The molecule has 2 aromatic heterocycles. The monoisotopic (exact) mass is 533 g/mol. The van der Waals surface area contributed by atoms with Crippen LogP contribution in [0.4, 0.5) is 5.69 Å². The van der Waals surface area contributed by atoms with E-state index in [9.17, 15) is 4.79 Å². The van der Waals surface area contributed by atoms with E-state index in [2.05, 4.69) is 38.4 Å². The van der Waals surface area contributed by atoms with E-state index in [1.807, 2.05) is 24.3 Å². The first-order chi connectivity index (χ1) is 18.7. The van der Waals surface area contributed by atoms with Crippen molar-refractivity contribution >= 4 is 38.0 Å². The van der Waals surface area contributed by atoms with Gasteiger partial charge in [0, 0.05) is 55.8 Å². The molecule has 0 spiro atoms. The number of pyridine rings is 1. The lowest BCUT2D eigenvalue weighted by Crippen LogP contribution is -2.46. The zero-order valence-electron chi connectivity index (χ0n) is 21.7. The molecule has 4 heterocycles. The van der Waals surface area contributed by atoms with Crippen LogP contribution in [-0.2, 0) is 4.74 Å². The van der Waals surface area contributed by atoms with E-state index in [1.165, 1.54) is 22.2 Å². The Labute approximate surface area is 226 Å². The SMILES string of the molecule is O=c1ccc2ccc(OCCCCN3CCN(c4ccc(OC5CCCCO5)c5sccc45)CC3)cc2[nH]1. The van der Waals surface area contributed by atoms with Gasteiger partial charge in [-0.3, -0.25) is 9.69 Å². The molecule has 2 aromatic carbocycles. The normalized spacial score (nSPS) is 18.7. The summed E-state index contributed by atoms with van der Waals surface area (Å²) in [6.07, 6.45) is 5.25. The van der Waals surface area contributed by atoms with Crippen LogP contribution in [-0.4, -0.2) is 62.1 Å². The fourth-order valence-corrected chi connectivity index (χ4v) is 6.27. The van der Waals surface area contributed by atoms with Gasteiger partial charge in [0.05, 0.1) is 23.4 Å². The maximum absolute atomic E-state index is 11.6. The van der Waals surface area contributed by atoms with E-state index in [4.69, 9.17) is 14.2 Å². The third-order valence-corrected chi connectivity index (χ3v) is 8.43. The van der Waals surface area contributed by atoms with E-state index in [1.54, 1.807) is 17.4 Å². The summed E-state index contributed by atoms with van der Waals surface area (Å²) in [5.41, 5.74) is 2.03. The van der Waals surface area contributed by atoms with Gasteiger partial charge in [0.2, 0.25) is 5.56 Å². The predicted octanol–water partition coefficient (Wildman–Crippen LogP) is 5.63. The zero-order valence-corrected chi connectivity index (χ0v) is 22.5. The minimum atomic E-state index is -0.119. The molecule has 6 rings (SSSR count). The molecule has 8 heteroatoms. The lowest BCUT2D eigenvalue weighted by atomic mass is 10.1. The van der Waals surface area contributed by atoms with Crippen LogP contribution in [0.3, 0.4) is 0 Å². The number of benzene rings is 2. The van der Waals surface area contributed by atoms with Crippen molar-refractivity contribution in [2.24, 2.45) is 0 Å². The van der Waals surface area contributed by atoms with Gasteiger partial charge < -0.3 is 24.1 Å². The van der Waals surface area contributed by atoms with E-state index in [-0.39, 0.29) is 11.8 Å². The number of fused-ring (bicyclic) bond motifs is 2. The molecule has 0 aliphatic carbocycles. The number of H-pyrrole nitrogens is 1. The van der Waals surface area contributed by atoms with Gasteiger partial charge in [-0.05, 0) is 79.4 Å².